The number of alkyl halides is 3. The zero-order valence-electron chi connectivity index (χ0n) is 9.27. The number of rotatable bonds is 7. The number of hydrogen-bond donors (Lipinski definition) is 1. The second kappa shape index (κ2) is 6.85. The van der Waals surface area contributed by atoms with Gasteiger partial charge in [-0.05, 0) is 14.0 Å². The van der Waals surface area contributed by atoms with Gasteiger partial charge in [0.25, 0.3) is 0 Å². The largest absolute Gasteiger partial charge is 0.390 e. The van der Waals surface area contributed by atoms with Crippen LogP contribution < -0.4 is 5.32 Å². The first-order valence-corrected chi connectivity index (χ1v) is 4.95. The first-order valence-electron chi connectivity index (χ1n) is 4.95. The molecule has 0 fully saturated rings. The highest BCUT2D eigenvalue weighted by Gasteiger charge is 2.27. The highest BCUT2D eigenvalue weighted by Crippen LogP contribution is 2.19. The van der Waals surface area contributed by atoms with Crippen LogP contribution in [-0.4, -0.2) is 43.8 Å². The SMILES string of the molecule is C=CCNCC(C)N(C)CCC(F)(F)F. The van der Waals surface area contributed by atoms with Crippen molar-refractivity contribution in [1.29, 1.82) is 0 Å². The average Bonchev–Trinajstić information content (AvgIpc) is 2.13. The number of nitrogens with one attached hydrogen (secondary N) is 1. The Labute approximate surface area is 89.1 Å². The molecule has 0 aromatic rings. The van der Waals surface area contributed by atoms with Gasteiger partial charge in [-0.25, -0.2) is 0 Å². The molecule has 2 nitrogen and oxygen atoms in total. The van der Waals surface area contributed by atoms with Crippen LogP contribution in [0.3, 0.4) is 0 Å². The van der Waals surface area contributed by atoms with Crippen molar-refractivity contribution in [3.05, 3.63) is 12.7 Å². The highest BCUT2D eigenvalue weighted by atomic mass is 19.4. The minimum absolute atomic E-state index is 0.0421. The van der Waals surface area contributed by atoms with E-state index in [1.165, 1.54) is 0 Å². The summed E-state index contributed by atoms with van der Waals surface area (Å²) in [5, 5.41) is 3.07. The van der Waals surface area contributed by atoms with Crippen molar-refractivity contribution >= 4 is 0 Å². The molecule has 0 aliphatic heterocycles. The summed E-state index contributed by atoms with van der Waals surface area (Å²) >= 11 is 0. The van der Waals surface area contributed by atoms with Gasteiger partial charge in [-0.2, -0.15) is 13.2 Å². The monoisotopic (exact) mass is 224 g/mol. The first kappa shape index (κ1) is 14.5. The Kier molecular flexibility index (Phi) is 6.60. The fourth-order valence-electron chi connectivity index (χ4n) is 1.07. The quantitative estimate of drug-likeness (QED) is 0.526. The van der Waals surface area contributed by atoms with Crippen LogP contribution in [0.5, 0.6) is 0 Å². The number of nitrogens with zero attached hydrogens (tertiary/aromatic N) is 1. The van der Waals surface area contributed by atoms with Gasteiger partial charge >= 0.3 is 6.18 Å². The van der Waals surface area contributed by atoms with Crippen molar-refractivity contribution in [2.45, 2.75) is 25.6 Å². The van der Waals surface area contributed by atoms with Crippen LogP contribution in [0.1, 0.15) is 13.3 Å². The van der Waals surface area contributed by atoms with Crippen molar-refractivity contribution in [3.8, 4) is 0 Å². The Morgan fingerprint density at radius 2 is 2.07 bits per heavy atom. The van der Waals surface area contributed by atoms with Gasteiger partial charge in [0.05, 0.1) is 6.42 Å². The lowest BCUT2D eigenvalue weighted by atomic mass is 10.2. The Morgan fingerprint density at radius 3 is 2.53 bits per heavy atom. The van der Waals surface area contributed by atoms with E-state index in [-0.39, 0.29) is 12.6 Å². The van der Waals surface area contributed by atoms with E-state index in [1.807, 2.05) is 6.92 Å². The van der Waals surface area contributed by atoms with E-state index >= 15 is 0 Å². The first-order chi connectivity index (χ1) is 6.87. The molecular weight excluding hydrogens is 205 g/mol. The van der Waals surface area contributed by atoms with Crippen molar-refractivity contribution in [3.63, 3.8) is 0 Å². The Hall–Kier alpha value is -0.550. The summed E-state index contributed by atoms with van der Waals surface area (Å²) in [6.45, 7) is 6.83. The van der Waals surface area contributed by atoms with Crippen LogP contribution >= 0.6 is 0 Å². The summed E-state index contributed by atoms with van der Waals surface area (Å²) < 4.78 is 35.8. The van der Waals surface area contributed by atoms with Gasteiger partial charge in [0.15, 0.2) is 0 Å². The van der Waals surface area contributed by atoms with Crippen LogP contribution in [0.15, 0.2) is 12.7 Å². The summed E-state index contributed by atoms with van der Waals surface area (Å²) in [7, 11) is 1.70. The van der Waals surface area contributed by atoms with E-state index in [0.717, 1.165) is 0 Å². The second-order valence-electron chi connectivity index (χ2n) is 3.64. The maximum absolute atomic E-state index is 11.9. The van der Waals surface area contributed by atoms with Gasteiger partial charge in [0, 0.05) is 25.7 Å². The van der Waals surface area contributed by atoms with Gasteiger partial charge in [-0.15, -0.1) is 6.58 Å². The van der Waals surface area contributed by atoms with Crippen molar-refractivity contribution in [1.82, 2.24) is 10.2 Å². The van der Waals surface area contributed by atoms with Gasteiger partial charge < -0.3 is 10.2 Å². The van der Waals surface area contributed by atoms with Crippen LogP contribution in [-0.2, 0) is 0 Å². The van der Waals surface area contributed by atoms with Crippen LogP contribution in [0, 0.1) is 0 Å². The molecule has 15 heavy (non-hydrogen) atoms. The molecule has 0 saturated heterocycles. The molecule has 0 aromatic heterocycles. The molecule has 0 saturated carbocycles. The van der Waals surface area contributed by atoms with E-state index in [1.54, 1.807) is 18.0 Å². The van der Waals surface area contributed by atoms with E-state index in [4.69, 9.17) is 0 Å². The topological polar surface area (TPSA) is 15.3 Å². The normalized spacial score (nSPS) is 14.3. The minimum Gasteiger partial charge on any atom is -0.312 e. The summed E-state index contributed by atoms with van der Waals surface area (Å²) in [6.07, 6.45) is -3.10. The molecular formula is C10H19F3N2. The van der Waals surface area contributed by atoms with Crippen molar-refractivity contribution in [2.24, 2.45) is 0 Å². The molecule has 0 rings (SSSR count). The Balaban J connectivity index is 3.68. The van der Waals surface area contributed by atoms with Crippen LogP contribution in [0.2, 0.25) is 0 Å². The Bertz CT molecular complexity index is 180. The number of hydrogen-bond acceptors (Lipinski definition) is 2. The maximum Gasteiger partial charge on any atom is 0.390 e. The summed E-state index contributed by atoms with van der Waals surface area (Å²) in [4.78, 5) is 1.70. The van der Waals surface area contributed by atoms with Gasteiger partial charge in [0.1, 0.15) is 0 Å². The lowest BCUT2D eigenvalue weighted by molar-refractivity contribution is -0.138. The molecule has 0 aliphatic carbocycles. The van der Waals surface area contributed by atoms with Crippen LogP contribution in [0.4, 0.5) is 13.2 Å². The molecule has 0 aliphatic rings. The molecule has 0 amide bonds. The molecule has 0 spiro atoms. The highest BCUT2D eigenvalue weighted by molar-refractivity contribution is 4.73. The van der Waals surface area contributed by atoms with Gasteiger partial charge in [0.2, 0.25) is 0 Å². The molecule has 90 valence electrons. The summed E-state index contributed by atoms with van der Waals surface area (Å²) in [5.74, 6) is 0. The van der Waals surface area contributed by atoms with E-state index in [0.29, 0.717) is 13.1 Å². The molecule has 1 unspecified atom stereocenters. The number of likely N-dealkylation sites (N-methyl/N-ethyl adjacent to an activating group) is 1. The van der Waals surface area contributed by atoms with E-state index in [2.05, 4.69) is 11.9 Å². The third-order valence-corrected chi connectivity index (χ3v) is 2.23. The number of halogens is 3. The fourth-order valence-corrected chi connectivity index (χ4v) is 1.07. The molecule has 0 radical (unpaired) electrons. The third-order valence-electron chi connectivity index (χ3n) is 2.23. The van der Waals surface area contributed by atoms with Crippen molar-refractivity contribution in [2.75, 3.05) is 26.7 Å². The van der Waals surface area contributed by atoms with Crippen molar-refractivity contribution < 1.29 is 13.2 Å². The van der Waals surface area contributed by atoms with E-state index < -0.39 is 12.6 Å². The fraction of sp³-hybridized carbons (Fsp3) is 0.800. The predicted octanol–water partition coefficient (Wildman–Crippen LogP) is 2.03. The lowest BCUT2D eigenvalue weighted by Crippen LogP contribution is -2.39. The molecule has 0 bridgehead atoms. The molecule has 1 atom stereocenters. The third kappa shape index (κ3) is 8.44. The lowest BCUT2D eigenvalue weighted by Gasteiger charge is -2.25. The average molecular weight is 224 g/mol. The molecule has 5 heteroatoms. The van der Waals surface area contributed by atoms with Gasteiger partial charge in [-0.1, -0.05) is 6.08 Å². The molecule has 0 heterocycles. The van der Waals surface area contributed by atoms with E-state index in [9.17, 15) is 13.2 Å². The minimum atomic E-state index is -4.07. The maximum atomic E-state index is 11.9. The predicted molar refractivity (Wildman–Crippen MR) is 55.8 cm³/mol. The van der Waals surface area contributed by atoms with Gasteiger partial charge in [-0.3, -0.25) is 0 Å². The zero-order valence-corrected chi connectivity index (χ0v) is 9.27. The Morgan fingerprint density at radius 1 is 1.47 bits per heavy atom. The second-order valence-corrected chi connectivity index (χ2v) is 3.64. The summed E-state index contributed by atoms with van der Waals surface area (Å²) in [5.41, 5.74) is 0. The molecule has 0 aromatic carbocycles. The van der Waals surface area contributed by atoms with Crippen LogP contribution in [0.25, 0.3) is 0 Å². The standard InChI is InChI=1S/C10H19F3N2/c1-4-6-14-8-9(2)15(3)7-5-10(11,12)13/h4,9,14H,1,5-8H2,2-3H3. The zero-order chi connectivity index (χ0) is 11.9. The summed E-state index contributed by atoms with van der Waals surface area (Å²) in [6, 6.07) is 0.0901. The molecule has 1 N–H and O–H groups in total. The smallest absolute Gasteiger partial charge is 0.312 e.